The van der Waals surface area contributed by atoms with Crippen LogP contribution in [0.1, 0.15) is 32.1 Å². The minimum atomic E-state index is -0.228. The van der Waals surface area contributed by atoms with Crippen LogP contribution in [0.4, 0.5) is 0 Å². The van der Waals surface area contributed by atoms with Crippen molar-refractivity contribution in [1.29, 1.82) is 0 Å². The number of hydrogen-bond donors (Lipinski definition) is 0. The van der Waals surface area contributed by atoms with E-state index in [1.165, 1.54) is 7.11 Å². The number of carbonyl (C=O) groups is 2. The molecule has 1 aromatic rings. The second-order valence-corrected chi connectivity index (χ2v) is 7.81. The number of ether oxygens (including phenoxy) is 3. The number of nitrogens with zero attached hydrogens (tertiary/aromatic N) is 4. The second-order valence-electron chi connectivity index (χ2n) is 7.81. The maximum atomic E-state index is 13.0. The normalized spacial score (nSPS) is 24.0. The predicted molar refractivity (Wildman–Crippen MR) is 102 cm³/mol. The highest BCUT2D eigenvalue weighted by Gasteiger charge is 2.40. The second kappa shape index (κ2) is 8.94. The molecule has 0 aliphatic carbocycles. The van der Waals surface area contributed by atoms with E-state index >= 15 is 0 Å². The number of rotatable bonds is 5. The van der Waals surface area contributed by atoms with E-state index in [1.807, 2.05) is 9.80 Å². The molecule has 0 N–H and O–H groups in total. The van der Waals surface area contributed by atoms with Gasteiger partial charge in [0, 0.05) is 70.4 Å². The quantitative estimate of drug-likeness (QED) is 0.719. The molecule has 0 aromatic carbocycles. The molecule has 0 bridgehead atoms. The van der Waals surface area contributed by atoms with Crippen LogP contribution in [-0.4, -0.2) is 83.7 Å². The van der Waals surface area contributed by atoms with E-state index in [9.17, 15) is 9.59 Å². The Balaban J connectivity index is 1.27. The first-order valence-corrected chi connectivity index (χ1v) is 10.3. The minimum absolute atomic E-state index is 0.00241. The first kappa shape index (κ1) is 19.9. The molecule has 3 fully saturated rings. The summed E-state index contributed by atoms with van der Waals surface area (Å²) < 4.78 is 16.3. The van der Waals surface area contributed by atoms with Gasteiger partial charge >= 0.3 is 6.01 Å². The topological polar surface area (TPSA) is 94.1 Å². The number of amides is 2. The summed E-state index contributed by atoms with van der Waals surface area (Å²) in [5, 5.41) is 0. The van der Waals surface area contributed by atoms with Crippen LogP contribution in [0.15, 0.2) is 12.3 Å². The van der Waals surface area contributed by atoms with E-state index in [4.69, 9.17) is 14.2 Å². The fraction of sp³-hybridized carbons (Fsp3) is 0.700. The fourth-order valence-electron chi connectivity index (χ4n) is 4.36. The molecular formula is C20H28N4O5. The summed E-state index contributed by atoms with van der Waals surface area (Å²) in [5.74, 6) is 0.449. The van der Waals surface area contributed by atoms with Gasteiger partial charge in [-0.2, -0.15) is 4.98 Å². The number of methoxy groups -OCH3 is 1. The van der Waals surface area contributed by atoms with Crippen LogP contribution in [0.5, 0.6) is 11.9 Å². The Bertz CT molecular complexity index is 731. The van der Waals surface area contributed by atoms with Gasteiger partial charge in [-0.25, -0.2) is 4.98 Å². The monoisotopic (exact) mass is 404 g/mol. The van der Waals surface area contributed by atoms with Gasteiger partial charge in [0.25, 0.3) is 0 Å². The molecule has 3 aliphatic heterocycles. The molecule has 9 heteroatoms. The van der Waals surface area contributed by atoms with Gasteiger partial charge in [0.1, 0.15) is 6.10 Å². The summed E-state index contributed by atoms with van der Waals surface area (Å²) in [4.78, 5) is 37.4. The van der Waals surface area contributed by atoms with Crippen molar-refractivity contribution in [3.8, 4) is 11.9 Å². The van der Waals surface area contributed by atoms with Crippen LogP contribution in [0, 0.1) is 5.92 Å². The van der Waals surface area contributed by atoms with E-state index in [1.54, 1.807) is 12.3 Å². The first-order valence-electron chi connectivity index (χ1n) is 10.3. The number of likely N-dealkylation sites (tertiary alicyclic amines) is 2. The van der Waals surface area contributed by atoms with Crippen molar-refractivity contribution >= 4 is 11.8 Å². The average molecular weight is 404 g/mol. The first-order chi connectivity index (χ1) is 14.1. The Kier molecular flexibility index (Phi) is 6.13. The molecule has 0 spiro atoms. The summed E-state index contributed by atoms with van der Waals surface area (Å²) in [6.45, 7) is 3.19. The summed E-state index contributed by atoms with van der Waals surface area (Å²) in [6, 6.07) is 2.20. The molecule has 1 atom stereocenters. The molecule has 29 heavy (non-hydrogen) atoms. The van der Waals surface area contributed by atoms with E-state index < -0.39 is 0 Å². The molecule has 3 aliphatic rings. The zero-order chi connectivity index (χ0) is 20.2. The van der Waals surface area contributed by atoms with E-state index in [2.05, 4.69) is 9.97 Å². The zero-order valence-corrected chi connectivity index (χ0v) is 16.8. The van der Waals surface area contributed by atoms with Crippen molar-refractivity contribution in [3.63, 3.8) is 0 Å². The lowest BCUT2D eigenvalue weighted by Gasteiger charge is -2.34. The number of piperidine rings is 1. The van der Waals surface area contributed by atoms with Gasteiger partial charge in [-0.15, -0.1) is 0 Å². The summed E-state index contributed by atoms with van der Waals surface area (Å²) in [7, 11) is 1.51. The lowest BCUT2D eigenvalue weighted by atomic mass is 10.0. The van der Waals surface area contributed by atoms with E-state index in [0.717, 1.165) is 25.7 Å². The molecule has 0 radical (unpaired) electrons. The minimum Gasteiger partial charge on any atom is -0.474 e. The Morgan fingerprint density at radius 2 is 1.97 bits per heavy atom. The Morgan fingerprint density at radius 1 is 1.21 bits per heavy atom. The van der Waals surface area contributed by atoms with Crippen molar-refractivity contribution in [2.75, 3.05) is 40.0 Å². The van der Waals surface area contributed by atoms with Gasteiger partial charge in [0.15, 0.2) is 0 Å². The van der Waals surface area contributed by atoms with Crippen LogP contribution in [-0.2, 0) is 14.3 Å². The van der Waals surface area contributed by atoms with Crippen LogP contribution >= 0.6 is 0 Å². The van der Waals surface area contributed by atoms with Crippen LogP contribution in [0.3, 0.4) is 0 Å². The molecular weight excluding hydrogens is 376 g/mol. The van der Waals surface area contributed by atoms with Gasteiger partial charge in [-0.1, -0.05) is 0 Å². The highest BCUT2D eigenvalue weighted by atomic mass is 16.5. The summed E-state index contributed by atoms with van der Waals surface area (Å²) in [5.41, 5.74) is 0. The third kappa shape index (κ3) is 4.60. The lowest BCUT2D eigenvalue weighted by molar-refractivity contribution is -0.137. The Labute approximate surface area is 170 Å². The maximum Gasteiger partial charge on any atom is 0.319 e. The van der Waals surface area contributed by atoms with E-state index in [0.29, 0.717) is 45.1 Å². The highest BCUT2D eigenvalue weighted by molar-refractivity contribution is 5.89. The maximum absolute atomic E-state index is 13.0. The molecule has 1 aromatic heterocycles. The molecule has 3 saturated heterocycles. The van der Waals surface area contributed by atoms with Crippen molar-refractivity contribution in [1.82, 2.24) is 19.8 Å². The number of hydrogen-bond acceptors (Lipinski definition) is 7. The molecule has 2 amide bonds. The smallest absolute Gasteiger partial charge is 0.319 e. The van der Waals surface area contributed by atoms with Crippen molar-refractivity contribution < 1.29 is 23.8 Å². The fourth-order valence-corrected chi connectivity index (χ4v) is 4.36. The molecule has 4 heterocycles. The largest absolute Gasteiger partial charge is 0.474 e. The molecule has 4 rings (SSSR count). The molecule has 1 unspecified atom stereocenters. The number of aromatic nitrogens is 2. The zero-order valence-electron chi connectivity index (χ0n) is 16.8. The van der Waals surface area contributed by atoms with Gasteiger partial charge in [0.2, 0.25) is 17.7 Å². The average Bonchev–Trinajstić information content (AvgIpc) is 3.16. The SMILES string of the molecule is COc1nccc(OC2CCN(C(=O)C3CC(=O)N(C4CCOCC4)C3)CC2)n1. The van der Waals surface area contributed by atoms with E-state index in [-0.39, 0.29) is 35.9 Å². The predicted octanol–water partition coefficient (Wildman–Crippen LogP) is 0.883. The number of carbonyl (C=O) groups excluding carboxylic acids is 2. The van der Waals surface area contributed by atoms with Crippen LogP contribution in [0.25, 0.3) is 0 Å². The van der Waals surface area contributed by atoms with Crippen LogP contribution in [0.2, 0.25) is 0 Å². The van der Waals surface area contributed by atoms with Crippen LogP contribution < -0.4 is 9.47 Å². The van der Waals surface area contributed by atoms with Gasteiger partial charge in [-0.05, 0) is 12.8 Å². The summed E-state index contributed by atoms with van der Waals surface area (Å²) >= 11 is 0. The Morgan fingerprint density at radius 3 is 2.69 bits per heavy atom. The summed E-state index contributed by atoms with van der Waals surface area (Å²) in [6.07, 6.45) is 5.13. The highest BCUT2D eigenvalue weighted by Crippen LogP contribution is 2.27. The lowest BCUT2D eigenvalue weighted by Crippen LogP contribution is -2.45. The van der Waals surface area contributed by atoms with Crippen molar-refractivity contribution in [3.05, 3.63) is 12.3 Å². The molecule has 0 saturated carbocycles. The molecule has 158 valence electrons. The molecule has 9 nitrogen and oxygen atoms in total. The third-order valence-corrected chi connectivity index (χ3v) is 5.97. The third-order valence-electron chi connectivity index (χ3n) is 5.97. The Hall–Kier alpha value is -2.42. The van der Waals surface area contributed by atoms with Gasteiger partial charge < -0.3 is 24.0 Å². The van der Waals surface area contributed by atoms with Crippen molar-refractivity contribution in [2.45, 2.75) is 44.2 Å². The standard InChI is InChI=1S/C20H28N4O5/c1-27-20-21-7-2-17(22-20)29-16-3-8-23(9-4-16)19(26)14-12-18(25)24(13-14)15-5-10-28-11-6-15/h2,7,14-16H,3-6,8-13H2,1H3. The van der Waals surface area contributed by atoms with Gasteiger partial charge in [-0.3, -0.25) is 9.59 Å². The van der Waals surface area contributed by atoms with Crippen molar-refractivity contribution in [2.24, 2.45) is 5.92 Å². The van der Waals surface area contributed by atoms with Gasteiger partial charge in [0.05, 0.1) is 13.0 Å².